The van der Waals surface area contributed by atoms with Crippen molar-refractivity contribution in [3.05, 3.63) is 0 Å². The van der Waals surface area contributed by atoms with E-state index in [1.54, 1.807) is 0 Å². The van der Waals surface area contributed by atoms with Crippen molar-refractivity contribution in [1.82, 2.24) is 0 Å². The number of hydrogen-bond donors (Lipinski definition) is 6. The summed E-state index contributed by atoms with van der Waals surface area (Å²) >= 11 is -3.91. The normalized spacial score (nSPS) is 20.9. The lowest BCUT2D eigenvalue weighted by atomic mass is 10.2. The van der Waals surface area contributed by atoms with E-state index in [1.165, 1.54) is 21.6 Å². The predicted molar refractivity (Wildman–Crippen MR) is 88.1 cm³/mol. The van der Waals surface area contributed by atoms with Gasteiger partial charge in [-0.05, 0) is 0 Å². The molecule has 0 aromatic heterocycles. The highest BCUT2D eigenvalue weighted by molar-refractivity contribution is 8.76. The number of hydrogen-bond acceptors (Lipinski definition) is 8. The maximum Gasteiger partial charge on any atom is 0.154 e. The van der Waals surface area contributed by atoms with E-state index in [9.17, 15) is 8.42 Å². The summed E-state index contributed by atoms with van der Waals surface area (Å²) in [5.41, 5.74) is 22.9. The van der Waals surface area contributed by atoms with E-state index in [1.807, 2.05) is 0 Å². The first-order valence-electron chi connectivity index (χ1n) is 5.65. The molecule has 0 saturated heterocycles. The monoisotopic (exact) mass is 366 g/mol. The zero-order valence-electron chi connectivity index (χ0n) is 10.8. The van der Waals surface area contributed by atoms with Crippen molar-refractivity contribution < 1.29 is 17.5 Å². The van der Waals surface area contributed by atoms with Gasteiger partial charge in [0.2, 0.25) is 0 Å². The van der Waals surface area contributed by atoms with Gasteiger partial charge < -0.3 is 32.0 Å². The molecule has 0 heterocycles. The van der Waals surface area contributed by atoms with Gasteiger partial charge in [-0.25, -0.2) is 8.42 Å². The van der Waals surface area contributed by atoms with E-state index in [2.05, 4.69) is 0 Å². The maximum atomic E-state index is 10.6. The lowest BCUT2D eigenvalue weighted by Crippen LogP contribution is -2.47. The first-order valence-corrected chi connectivity index (χ1v) is 10.7. The number of rotatable bonds is 11. The largest absolute Gasteiger partial charge is 0.326 e. The van der Waals surface area contributed by atoms with Gasteiger partial charge in [0.25, 0.3) is 0 Å². The summed E-state index contributed by atoms with van der Waals surface area (Å²) in [5, 5.41) is 0. The Labute approximate surface area is 131 Å². The average molecular weight is 367 g/mol. The van der Waals surface area contributed by atoms with Crippen LogP contribution >= 0.6 is 21.6 Å². The third-order valence-corrected chi connectivity index (χ3v) is 6.24. The van der Waals surface area contributed by atoms with Gasteiger partial charge in [-0.1, -0.05) is 21.6 Å². The van der Waals surface area contributed by atoms with Gasteiger partial charge in [0.15, 0.2) is 22.2 Å². The lowest BCUT2D eigenvalue weighted by molar-refractivity contribution is 0.539. The molecule has 0 spiro atoms. The third kappa shape index (κ3) is 10.5. The fourth-order valence-electron chi connectivity index (χ4n) is 1.08. The SMILES string of the molecule is N[C@@H](CSSC[C@H](N)[C@@H](N)CS(=O)O)[C@@H](N)CS(=O)O. The van der Waals surface area contributed by atoms with Crippen molar-refractivity contribution in [3.8, 4) is 0 Å². The van der Waals surface area contributed by atoms with Crippen molar-refractivity contribution in [2.45, 2.75) is 24.2 Å². The van der Waals surface area contributed by atoms with Gasteiger partial charge in [0.05, 0.1) is 11.5 Å². The van der Waals surface area contributed by atoms with Crippen molar-refractivity contribution in [1.29, 1.82) is 0 Å². The summed E-state index contributed by atoms with van der Waals surface area (Å²) in [6.45, 7) is 0. The standard InChI is InChI=1S/C8H22N4O4S4/c9-5(7(11)3-19(13)14)1-17-18-2-6(10)8(12)4-20(15)16/h5-8H,1-4,9-12H2,(H,13,14)(H,15,16)/t5-,6-,7-,8-/m0/s1. The Bertz CT molecular complexity index is 295. The molecule has 0 rings (SSSR count). The minimum absolute atomic E-state index is 0.0565. The van der Waals surface area contributed by atoms with Crippen LogP contribution in [0.1, 0.15) is 0 Å². The van der Waals surface area contributed by atoms with Gasteiger partial charge in [0.1, 0.15) is 0 Å². The highest BCUT2D eigenvalue weighted by atomic mass is 33.1. The van der Waals surface area contributed by atoms with Gasteiger partial charge >= 0.3 is 0 Å². The second-order valence-corrected chi connectivity index (χ2v) is 8.71. The van der Waals surface area contributed by atoms with E-state index in [-0.39, 0.29) is 11.5 Å². The van der Waals surface area contributed by atoms with Gasteiger partial charge in [0, 0.05) is 35.7 Å². The van der Waals surface area contributed by atoms with Crippen LogP contribution in [0.2, 0.25) is 0 Å². The molecular formula is C8H22N4O4S4. The Hall–Kier alpha value is 0.760. The Balaban J connectivity index is 3.79. The molecule has 2 unspecified atom stereocenters. The molecule has 12 heteroatoms. The van der Waals surface area contributed by atoms with Crippen LogP contribution in [0, 0.1) is 0 Å². The van der Waals surface area contributed by atoms with Crippen molar-refractivity contribution >= 4 is 43.7 Å². The van der Waals surface area contributed by atoms with Crippen LogP contribution < -0.4 is 22.9 Å². The molecule has 0 aliphatic heterocycles. The van der Waals surface area contributed by atoms with E-state index in [0.717, 1.165) is 0 Å². The molecule has 0 aromatic carbocycles. The number of nitrogens with two attached hydrogens (primary N) is 4. The van der Waals surface area contributed by atoms with Crippen LogP contribution in [0.15, 0.2) is 0 Å². The molecule has 0 aromatic rings. The Morgan fingerprint density at radius 1 is 0.750 bits per heavy atom. The Kier molecular flexibility index (Phi) is 11.8. The van der Waals surface area contributed by atoms with Gasteiger partial charge in [-0.3, -0.25) is 0 Å². The van der Waals surface area contributed by atoms with Gasteiger partial charge in [-0.2, -0.15) is 0 Å². The molecule has 8 nitrogen and oxygen atoms in total. The lowest BCUT2D eigenvalue weighted by Gasteiger charge is -2.19. The summed E-state index contributed by atoms with van der Waals surface area (Å²) in [4.78, 5) is 0. The topological polar surface area (TPSA) is 179 Å². The van der Waals surface area contributed by atoms with E-state index in [4.69, 9.17) is 32.0 Å². The molecule has 6 atom stereocenters. The smallest absolute Gasteiger partial charge is 0.154 e. The first kappa shape index (κ1) is 20.8. The minimum Gasteiger partial charge on any atom is -0.326 e. The van der Waals surface area contributed by atoms with Crippen LogP contribution in [0.5, 0.6) is 0 Å². The Morgan fingerprint density at radius 2 is 1.05 bits per heavy atom. The average Bonchev–Trinajstić information content (AvgIpc) is 2.32. The maximum absolute atomic E-state index is 10.6. The molecule has 0 aliphatic rings. The minimum atomic E-state index is -1.95. The van der Waals surface area contributed by atoms with Crippen LogP contribution in [0.25, 0.3) is 0 Å². The van der Waals surface area contributed by atoms with Crippen LogP contribution in [0.4, 0.5) is 0 Å². The highest BCUT2D eigenvalue weighted by Crippen LogP contribution is 2.23. The molecule has 0 aliphatic carbocycles. The highest BCUT2D eigenvalue weighted by Gasteiger charge is 2.18. The van der Waals surface area contributed by atoms with E-state index in [0.29, 0.717) is 11.5 Å². The van der Waals surface area contributed by atoms with Crippen LogP contribution in [-0.4, -0.2) is 64.7 Å². The molecule has 0 bridgehead atoms. The molecular weight excluding hydrogens is 344 g/mol. The van der Waals surface area contributed by atoms with Crippen LogP contribution in [-0.2, 0) is 22.2 Å². The third-order valence-electron chi connectivity index (χ3n) is 2.37. The summed E-state index contributed by atoms with van der Waals surface area (Å²) < 4.78 is 38.6. The first-order chi connectivity index (χ1) is 9.23. The van der Waals surface area contributed by atoms with E-state index >= 15 is 0 Å². The van der Waals surface area contributed by atoms with E-state index < -0.39 is 46.3 Å². The second-order valence-electron chi connectivity index (χ2n) is 4.20. The molecule has 122 valence electrons. The van der Waals surface area contributed by atoms with Crippen molar-refractivity contribution in [3.63, 3.8) is 0 Å². The molecule has 20 heavy (non-hydrogen) atoms. The Morgan fingerprint density at radius 3 is 1.30 bits per heavy atom. The van der Waals surface area contributed by atoms with Crippen molar-refractivity contribution in [2.75, 3.05) is 23.0 Å². The molecule has 0 radical (unpaired) electrons. The van der Waals surface area contributed by atoms with Gasteiger partial charge in [-0.15, -0.1) is 0 Å². The fraction of sp³-hybridized carbons (Fsp3) is 1.00. The summed E-state index contributed by atoms with van der Waals surface area (Å²) in [6, 6.07) is -1.86. The molecule has 0 saturated carbocycles. The second kappa shape index (κ2) is 11.3. The summed E-state index contributed by atoms with van der Waals surface area (Å²) in [5.74, 6) is 0.909. The predicted octanol–water partition coefficient (Wildman–Crippen LogP) is -1.88. The molecule has 0 fully saturated rings. The molecule has 10 N–H and O–H groups in total. The molecule has 0 amide bonds. The summed E-state index contributed by atoms with van der Waals surface area (Å²) in [6.07, 6.45) is 0. The summed E-state index contributed by atoms with van der Waals surface area (Å²) in [7, 11) is 2.88. The fourth-order valence-corrected chi connectivity index (χ4v) is 4.75. The zero-order chi connectivity index (χ0) is 15.7. The van der Waals surface area contributed by atoms with Crippen molar-refractivity contribution in [2.24, 2.45) is 22.9 Å². The van der Waals surface area contributed by atoms with Crippen LogP contribution in [0.3, 0.4) is 0 Å². The quantitative estimate of drug-likeness (QED) is 0.138. The zero-order valence-corrected chi connectivity index (χ0v) is 14.1.